The first kappa shape index (κ1) is 12.1. The lowest BCUT2D eigenvalue weighted by Crippen LogP contribution is -2.21. The molecular weight excluding hydrogens is 300 g/mol. The van der Waals surface area contributed by atoms with E-state index in [9.17, 15) is 4.79 Å². The Kier molecular flexibility index (Phi) is 4.17. The van der Waals surface area contributed by atoms with Gasteiger partial charge in [-0.2, -0.15) is 11.3 Å². The van der Waals surface area contributed by atoms with Gasteiger partial charge in [0.05, 0.1) is 12.2 Å². The number of nitrogens with one attached hydrogen (secondary N) is 2. The Labute approximate surface area is 112 Å². The average Bonchev–Trinajstić information content (AvgIpc) is 2.82. The molecule has 0 aliphatic carbocycles. The Morgan fingerprint density at radius 1 is 1.29 bits per heavy atom. The maximum Gasteiger partial charge on any atom is 0.243 e. The number of thiophene rings is 1. The van der Waals surface area contributed by atoms with Crippen molar-refractivity contribution in [3.05, 3.63) is 45.6 Å². The zero-order valence-electron chi connectivity index (χ0n) is 8.94. The highest BCUT2D eigenvalue weighted by Crippen LogP contribution is 2.21. The molecule has 1 aromatic carbocycles. The van der Waals surface area contributed by atoms with E-state index in [1.54, 1.807) is 11.3 Å². The van der Waals surface area contributed by atoms with E-state index in [1.807, 2.05) is 41.1 Å². The number of halogens is 1. The second kappa shape index (κ2) is 5.84. The van der Waals surface area contributed by atoms with E-state index < -0.39 is 0 Å². The number of benzene rings is 1. The van der Waals surface area contributed by atoms with Gasteiger partial charge in [-0.3, -0.25) is 4.79 Å². The highest BCUT2D eigenvalue weighted by atomic mass is 79.9. The standard InChI is InChI=1S/C12H11BrN2OS/c13-10-3-1-2-4-11(10)15-12(16)7-14-9-5-6-17-8-9/h1-6,8,14H,7H2,(H,15,16). The number of rotatable bonds is 4. The third-order valence-corrected chi connectivity index (χ3v) is 3.50. The second-order valence-corrected chi connectivity index (χ2v) is 5.03. The van der Waals surface area contributed by atoms with Crippen LogP contribution in [0.5, 0.6) is 0 Å². The minimum absolute atomic E-state index is 0.0666. The van der Waals surface area contributed by atoms with Gasteiger partial charge < -0.3 is 10.6 Å². The molecule has 0 aliphatic rings. The van der Waals surface area contributed by atoms with E-state index in [0.717, 1.165) is 15.8 Å². The Morgan fingerprint density at radius 3 is 2.82 bits per heavy atom. The van der Waals surface area contributed by atoms with Crippen LogP contribution < -0.4 is 10.6 Å². The van der Waals surface area contributed by atoms with Gasteiger partial charge >= 0.3 is 0 Å². The number of para-hydroxylation sites is 1. The minimum Gasteiger partial charge on any atom is -0.375 e. The summed E-state index contributed by atoms with van der Waals surface area (Å²) in [5, 5.41) is 9.81. The fourth-order valence-corrected chi connectivity index (χ4v) is 2.30. The SMILES string of the molecule is O=C(CNc1ccsc1)Nc1ccccc1Br. The summed E-state index contributed by atoms with van der Waals surface area (Å²) in [6.45, 7) is 0.262. The molecule has 0 spiro atoms. The van der Waals surface area contributed by atoms with Crippen molar-refractivity contribution in [3.8, 4) is 0 Å². The maximum atomic E-state index is 11.7. The molecule has 0 saturated heterocycles. The zero-order valence-corrected chi connectivity index (χ0v) is 11.3. The summed E-state index contributed by atoms with van der Waals surface area (Å²) in [7, 11) is 0. The van der Waals surface area contributed by atoms with E-state index in [0.29, 0.717) is 0 Å². The first-order valence-corrected chi connectivity index (χ1v) is 6.80. The summed E-state index contributed by atoms with van der Waals surface area (Å²) < 4.78 is 0.879. The van der Waals surface area contributed by atoms with Gasteiger partial charge in [0.25, 0.3) is 0 Å². The molecule has 0 bridgehead atoms. The summed E-state index contributed by atoms with van der Waals surface area (Å²) in [4.78, 5) is 11.7. The number of carbonyl (C=O) groups excluding carboxylic acids is 1. The van der Waals surface area contributed by atoms with Crippen LogP contribution in [0.3, 0.4) is 0 Å². The van der Waals surface area contributed by atoms with Crippen LogP contribution in [0, 0.1) is 0 Å². The fraction of sp³-hybridized carbons (Fsp3) is 0.0833. The van der Waals surface area contributed by atoms with Crippen LogP contribution >= 0.6 is 27.3 Å². The Bertz CT molecular complexity index is 499. The molecule has 3 nitrogen and oxygen atoms in total. The molecule has 0 saturated carbocycles. The number of hydrogen-bond acceptors (Lipinski definition) is 3. The van der Waals surface area contributed by atoms with Crippen LogP contribution in [0.25, 0.3) is 0 Å². The Hall–Kier alpha value is -1.33. The van der Waals surface area contributed by atoms with Gasteiger partial charge in [-0.1, -0.05) is 12.1 Å². The third kappa shape index (κ3) is 3.57. The van der Waals surface area contributed by atoms with Crippen molar-refractivity contribution in [2.45, 2.75) is 0 Å². The monoisotopic (exact) mass is 310 g/mol. The average molecular weight is 311 g/mol. The fourth-order valence-electron chi connectivity index (χ4n) is 1.30. The normalized spacial score (nSPS) is 9.94. The highest BCUT2D eigenvalue weighted by molar-refractivity contribution is 9.10. The Morgan fingerprint density at radius 2 is 2.12 bits per heavy atom. The van der Waals surface area contributed by atoms with E-state index in [4.69, 9.17) is 0 Å². The van der Waals surface area contributed by atoms with Gasteiger partial charge in [0, 0.05) is 15.5 Å². The van der Waals surface area contributed by atoms with Crippen LogP contribution in [0.2, 0.25) is 0 Å². The Balaban J connectivity index is 1.87. The van der Waals surface area contributed by atoms with Crippen LogP contribution in [-0.4, -0.2) is 12.5 Å². The summed E-state index contributed by atoms with van der Waals surface area (Å²) in [5.41, 5.74) is 1.75. The molecule has 0 fully saturated rings. The minimum atomic E-state index is -0.0666. The molecule has 2 N–H and O–H groups in total. The molecule has 5 heteroatoms. The van der Waals surface area contributed by atoms with Gasteiger partial charge in [0.2, 0.25) is 5.91 Å². The molecule has 1 aromatic heterocycles. The first-order chi connectivity index (χ1) is 8.25. The van der Waals surface area contributed by atoms with Gasteiger partial charge in [-0.15, -0.1) is 0 Å². The van der Waals surface area contributed by atoms with Crippen molar-refractivity contribution in [3.63, 3.8) is 0 Å². The smallest absolute Gasteiger partial charge is 0.243 e. The molecule has 2 rings (SSSR count). The molecule has 0 atom stereocenters. The number of amides is 1. The van der Waals surface area contributed by atoms with E-state index in [-0.39, 0.29) is 12.5 Å². The quantitative estimate of drug-likeness (QED) is 0.906. The van der Waals surface area contributed by atoms with Gasteiger partial charge in [-0.25, -0.2) is 0 Å². The molecule has 1 heterocycles. The number of anilines is 2. The molecular formula is C12H11BrN2OS. The largest absolute Gasteiger partial charge is 0.375 e. The lowest BCUT2D eigenvalue weighted by Gasteiger charge is -2.07. The topological polar surface area (TPSA) is 41.1 Å². The van der Waals surface area contributed by atoms with Crippen molar-refractivity contribution in [2.24, 2.45) is 0 Å². The van der Waals surface area contributed by atoms with Gasteiger partial charge in [0.1, 0.15) is 0 Å². The predicted molar refractivity (Wildman–Crippen MR) is 75.6 cm³/mol. The van der Waals surface area contributed by atoms with Crippen molar-refractivity contribution in [1.82, 2.24) is 0 Å². The lowest BCUT2D eigenvalue weighted by atomic mass is 10.3. The van der Waals surface area contributed by atoms with Gasteiger partial charge in [-0.05, 0) is 39.5 Å². The number of carbonyl (C=O) groups is 1. The van der Waals surface area contributed by atoms with Crippen LogP contribution in [-0.2, 0) is 4.79 Å². The van der Waals surface area contributed by atoms with E-state index in [2.05, 4.69) is 26.6 Å². The lowest BCUT2D eigenvalue weighted by molar-refractivity contribution is -0.114. The zero-order chi connectivity index (χ0) is 12.1. The van der Waals surface area contributed by atoms with E-state index in [1.165, 1.54) is 0 Å². The van der Waals surface area contributed by atoms with Crippen LogP contribution in [0.1, 0.15) is 0 Å². The summed E-state index contributed by atoms with van der Waals surface area (Å²) >= 11 is 4.98. The molecule has 1 amide bonds. The summed E-state index contributed by atoms with van der Waals surface area (Å²) in [6, 6.07) is 9.47. The van der Waals surface area contributed by atoms with Crippen LogP contribution in [0.4, 0.5) is 11.4 Å². The van der Waals surface area contributed by atoms with E-state index >= 15 is 0 Å². The molecule has 88 valence electrons. The molecule has 17 heavy (non-hydrogen) atoms. The van der Waals surface area contributed by atoms with Gasteiger partial charge in [0.15, 0.2) is 0 Å². The van der Waals surface area contributed by atoms with Crippen molar-refractivity contribution >= 4 is 44.5 Å². The van der Waals surface area contributed by atoms with Crippen molar-refractivity contribution in [1.29, 1.82) is 0 Å². The number of hydrogen-bond donors (Lipinski definition) is 2. The maximum absolute atomic E-state index is 11.7. The molecule has 2 aromatic rings. The molecule has 0 unspecified atom stereocenters. The molecule has 0 radical (unpaired) electrons. The van der Waals surface area contributed by atoms with Crippen LogP contribution in [0.15, 0.2) is 45.6 Å². The van der Waals surface area contributed by atoms with Crippen molar-refractivity contribution in [2.75, 3.05) is 17.2 Å². The highest BCUT2D eigenvalue weighted by Gasteiger charge is 2.04. The second-order valence-electron chi connectivity index (χ2n) is 3.39. The predicted octanol–water partition coefficient (Wildman–Crippen LogP) is 3.56. The summed E-state index contributed by atoms with van der Waals surface area (Å²) in [5.74, 6) is -0.0666. The first-order valence-electron chi connectivity index (χ1n) is 5.06. The summed E-state index contributed by atoms with van der Waals surface area (Å²) in [6.07, 6.45) is 0. The molecule has 0 aliphatic heterocycles. The van der Waals surface area contributed by atoms with Crippen molar-refractivity contribution < 1.29 is 4.79 Å². The third-order valence-electron chi connectivity index (χ3n) is 2.12.